The van der Waals surface area contributed by atoms with Gasteiger partial charge in [0.25, 0.3) is 0 Å². The summed E-state index contributed by atoms with van der Waals surface area (Å²) in [6.07, 6.45) is 5.37. The molecule has 0 amide bonds. The Hall–Kier alpha value is -1.35. The molecule has 4 nitrogen and oxygen atoms in total. The van der Waals surface area contributed by atoms with Crippen LogP contribution in [-0.4, -0.2) is 36.5 Å². The number of rotatable bonds is 12. The minimum Gasteiger partial charge on any atom is -0.547 e. The zero-order valence-corrected chi connectivity index (χ0v) is 27.1. The van der Waals surface area contributed by atoms with Crippen LogP contribution in [0, 0.1) is 0 Å². The molecule has 1 aromatic carbocycles. The lowest BCUT2D eigenvalue weighted by Gasteiger charge is -2.42. The highest BCUT2D eigenvalue weighted by atomic mass is 28.4. The van der Waals surface area contributed by atoms with E-state index in [0.717, 1.165) is 37.9 Å². The van der Waals surface area contributed by atoms with E-state index in [4.69, 9.17) is 18.3 Å². The molecule has 0 radical (unpaired) electrons. The summed E-state index contributed by atoms with van der Waals surface area (Å²) in [6.45, 7) is 20.0. The van der Waals surface area contributed by atoms with Crippen LogP contribution in [-0.2, 0) is 20.2 Å². The van der Waals surface area contributed by atoms with Crippen LogP contribution in [0.4, 0.5) is 0 Å². The molecule has 6 heteroatoms. The Bertz CT molecular complexity index is 944. The van der Waals surface area contributed by atoms with E-state index in [1.54, 1.807) is 7.11 Å². The minimum absolute atomic E-state index is 0.197. The van der Waals surface area contributed by atoms with Crippen LogP contribution < -0.4 is 4.74 Å². The standard InChI is InChI=1S/C31H52O4Si2/c1-10-37(11-2,12-3)35-29-19-16-26(23-33-22-24-13-17-27(32-7)18-14-24)28-21-25(29)15-20-30(28)34-36(8,9)31(4,5)6/h13-14,17-18,30H,10-12,15-16,19-23H2,1-9H3. The monoisotopic (exact) mass is 544 g/mol. The van der Waals surface area contributed by atoms with E-state index in [2.05, 4.69) is 66.8 Å². The zero-order chi connectivity index (χ0) is 27.3. The van der Waals surface area contributed by atoms with Gasteiger partial charge in [-0.2, -0.15) is 0 Å². The molecule has 2 aliphatic carbocycles. The molecule has 2 bridgehead atoms. The van der Waals surface area contributed by atoms with Crippen molar-refractivity contribution in [2.24, 2.45) is 0 Å². The molecule has 0 spiro atoms. The lowest BCUT2D eigenvalue weighted by Crippen LogP contribution is -2.45. The number of hydrogen-bond acceptors (Lipinski definition) is 4. The van der Waals surface area contributed by atoms with Gasteiger partial charge in [-0.05, 0) is 96.4 Å². The van der Waals surface area contributed by atoms with E-state index in [9.17, 15) is 0 Å². The predicted molar refractivity (Wildman–Crippen MR) is 160 cm³/mol. The normalized spacial score (nSPS) is 19.2. The topological polar surface area (TPSA) is 36.9 Å². The van der Waals surface area contributed by atoms with Gasteiger partial charge in [0.2, 0.25) is 8.32 Å². The van der Waals surface area contributed by atoms with E-state index in [-0.39, 0.29) is 11.1 Å². The number of fused-ring (bicyclic) bond motifs is 2. The average Bonchev–Trinajstić information content (AvgIpc) is 3.01. The summed E-state index contributed by atoms with van der Waals surface area (Å²) in [5, 5.41) is 0.197. The molecule has 0 aromatic heterocycles. The SMILES string of the molecule is CC[Si](CC)(CC)OC1=C2CCC(O[Si](C)(C)C(C)(C)C)C(=C(COCc3ccc(OC)cc3)CC1)C2. The lowest BCUT2D eigenvalue weighted by molar-refractivity contribution is 0.136. The van der Waals surface area contributed by atoms with Gasteiger partial charge in [0.05, 0.1) is 32.2 Å². The van der Waals surface area contributed by atoms with Crippen LogP contribution in [0.5, 0.6) is 5.75 Å². The van der Waals surface area contributed by atoms with Crippen LogP contribution in [0.2, 0.25) is 36.3 Å². The maximum atomic E-state index is 7.06. The van der Waals surface area contributed by atoms with Crippen molar-refractivity contribution in [1.29, 1.82) is 0 Å². The van der Waals surface area contributed by atoms with Gasteiger partial charge in [0.15, 0.2) is 8.32 Å². The first kappa shape index (κ1) is 30.2. The largest absolute Gasteiger partial charge is 0.547 e. The average molecular weight is 545 g/mol. The summed E-state index contributed by atoms with van der Waals surface area (Å²) >= 11 is 0. The van der Waals surface area contributed by atoms with E-state index < -0.39 is 16.6 Å². The third-order valence-electron chi connectivity index (χ3n) is 9.22. The van der Waals surface area contributed by atoms with Crippen molar-refractivity contribution in [2.45, 2.75) is 123 Å². The third kappa shape index (κ3) is 7.40. The Morgan fingerprint density at radius 2 is 1.54 bits per heavy atom. The second-order valence-electron chi connectivity index (χ2n) is 12.4. The maximum absolute atomic E-state index is 7.06. The van der Waals surface area contributed by atoms with Crippen LogP contribution in [0.15, 0.2) is 46.7 Å². The molecule has 0 aliphatic heterocycles. The maximum Gasteiger partial charge on any atom is 0.250 e. The smallest absolute Gasteiger partial charge is 0.250 e. The fraction of sp³-hybridized carbons (Fsp3) is 0.677. The van der Waals surface area contributed by atoms with E-state index in [1.807, 2.05) is 12.1 Å². The zero-order valence-electron chi connectivity index (χ0n) is 25.1. The number of ether oxygens (including phenoxy) is 2. The lowest BCUT2D eigenvalue weighted by atomic mass is 9.86. The quantitative estimate of drug-likeness (QED) is 0.194. The van der Waals surface area contributed by atoms with Gasteiger partial charge in [-0.25, -0.2) is 0 Å². The second kappa shape index (κ2) is 12.7. The van der Waals surface area contributed by atoms with Crippen LogP contribution in [0.25, 0.3) is 0 Å². The Morgan fingerprint density at radius 1 is 0.892 bits per heavy atom. The molecular formula is C31H52O4Si2. The van der Waals surface area contributed by atoms with Gasteiger partial charge in [0.1, 0.15) is 5.75 Å². The van der Waals surface area contributed by atoms with Crippen molar-refractivity contribution in [3.63, 3.8) is 0 Å². The van der Waals surface area contributed by atoms with Crippen molar-refractivity contribution >= 4 is 16.6 Å². The van der Waals surface area contributed by atoms with Crippen molar-refractivity contribution in [3.05, 3.63) is 52.3 Å². The van der Waals surface area contributed by atoms with E-state index >= 15 is 0 Å². The Labute approximate surface area is 229 Å². The first-order valence-corrected chi connectivity index (χ1v) is 19.9. The molecule has 1 saturated carbocycles. The van der Waals surface area contributed by atoms with Gasteiger partial charge < -0.3 is 18.3 Å². The molecular weight excluding hydrogens is 493 g/mol. The number of allylic oxidation sites excluding steroid dienone is 2. The van der Waals surface area contributed by atoms with E-state index in [1.165, 1.54) is 46.2 Å². The van der Waals surface area contributed by atoms with Crippen LogP contribution in [0.1, 0.15) is 79.2 Å². The molecule has 1 unspecified atom stereocenters. The van der Waals surface area contributed by atoms with Gasteiger partial charge >= 0.3 is 0 Å². The minimum atomic E-state index is -1.89. The molecule has 0 saturated heterocycles. The molecule has 0 N–H and O–H groups in total. The summed E-state index contributed by atoms with van der Waals surface area (Å²) in [5.41, 5.74) is 5.62. The molecule has 2 aliphatic rings. The molecule has 1 atom stereocenters. The van der Waals surface area contributed by atoms with E-state index in [0.29, 0.717) is 13.2 Å². The Morgan fingerprint density at radius 3 is 2.11 bits per heavy atom. The van der Waals surface area contributed by atoms with Crippen molar-refractivity contribution in [3.8, 4) is 5.75 Å². The molecule has 0 heterocycles. The summed E-state index contributed by atoms with van der Waals surface area (Å²) in [6, 6.07) is 11.7. The van der Waals surface area contributed by atoms with Crippen LogP contribution >= 0.6 is 0 Å². The molecule has 1 fully saturated rings. The van der Waals surface area contributed by atoms with Gasteiger partial charge in [0, 0.05) is 6.42 Å². The highest BCUT2D eigenvalue weighted by molar-refractivity contribution is 6.74. The second-order valence-corrected chi connectivity index (χ2v) is 21.9. The summed E-state index contributed by atoms with van der Waals surface area (Å²) in [7, 11) is -1.89. The Balaban J connectivity index is 1.83. The van der Waals surface area contributed by atoms with Crippen LogP contribution in [0.3, 0.4) is 0 Å². The fourth-order valence-electron chi connectivity index (χ4n) is 5.30. The highest BCUT2D eigenvalue weighted by Gasteiger charge is 2.42. The van der Waals surface area contributed by atoms with Crippen molar-refractivity contribution in [1.82, 2.24) is 0 Å². The molecule has 37 heavy (non-hydrogen) atoms. The number of methoxy groups -OCH3 is 1. The summed E-state index contributed by atoms with van der Waals surface area (Å²) in [4.78, 5) is 0. The molecule has 208 valence electrons. The first-order valence-electron chi connectivity index (χ1n) is 14.5. The highest BCUT2D eigenvalue weighted by Crippen LogP contribution is 2.45. The van der Waals surface area contributed by atoms with Gasteiger partial charge in [-0.1, -0.05) is 53.7 Å². The molecule has 3 rings (SSSR count). The Kier molecular flexibility index (Phi) is 10.3. The van der Waals surface area contributed by atoms with Gasteiger partial charge in [-0.15, -0.1) is 0 Å². The molecule has 1 aromatic rings. The fourth-order valence-corrected chi connectivity index (χ4v) is 9.32. The summed E-state index contributed by atoms with van der Waals surface area (Å²) in [5.74, 6) is 2.19. The first-order chi connectivity index (χ1) is 17.5. The summed E-state index contributed by atoms with van der Waals surface area (Å²) < 4.78 is 25.7. The third-order valence-corrected chi connectivity index (χ3v) is 18.3. The number of benzene rings is 1. The van der Waals surface area contributed by atoms with Crippen molar-refractivity contribution in [2.75, 3.05) is 13.7 Å². The van der Waals surface area contributed by atoms with Gasteiger partial charge in [-0.3, -0.25) is 0 Å². The van der Waals surface area contributed by atoms with Crippen molar-refractivity contribution < 1.29 is 18.3 Å². The predicted octanol–water partition coefficient (Wildman–Crippen LogP) is 9.15. The number of hydrogen-bond donors (Lipinski definition) is 0.